The molecule has 1 aromatic heterocycles. The molecule has 2 aromatic rings. The lowest BCUT2D eigenvalue weighted by Crippen LogP contribution is -2.37. The predicted octanol–water partition coefficient (Wildman–Crippen LogP) is 2.54. The quantitative estimate of drug-likeness (QED) is 0.176. The van der Waals surface area contributed by atoms with Crippen molar-refractivity contribution in [2.75, 3.05) is 6.61 Å². The number of alkyl halides is 1. The van der Waals surface area contributed by atoms with Crippen LogP contribution in [0.4, 0.5) is 0 Å². The van der Waals surface area contributed by atoms with Gasteiger partial charge in [-0.2, -0.15) is 5.09 Å². The lowest BCUT2D eigenvalue weighted by molar-refractivity contribution is -0.149. The van der Waals surface area contributed by atoms with E-state index in [0.717, 1.165) is 0 Å². The zero-order chi connectivity index (χ0) is 28.0. The first kappa shape index (κ1) is 30.2. The molecular weight excluding hydrogens is 611 g/mol. The van der Waals surface area contributed by atoms with Gasteiger partial charge < -0.3 is 29.6 Å². The van der Waals surface area contributed by atoms with Gasteiger partial charge in [0.15, 0.2) is 5.69 Å². The number of nitrogens with zero attached hydrogens (tertiary/aromatic N) is 2. The third-order valence-corrected chi connectivity index (χ3v) is 7.37. The van der Waals surface area contributed by atoms with Crippen molar-refractivity contribution >= 4 is 47.2 Å². The summed E-state index contributed by atoms with van der Waals surface area (Å²) in [5, 5.41) is 12.0. The Morgan fingerprint density at radius 3 is 2.61 bits per heavy atom. The fraction of sp³-hybridized carbons (Fsp3) is 0.455. The number of halogens is 2. The van der Waals surface area contributed by atoms with Crippen molar-refractivity contribution in [2.24, 2.45) is 5.73 Å². The number of nitrogens with two attached hydrogens (primary N) is 1. The zero-order valence-electron chi connectivity index (χ0n) is 20.5. The number of carbonyl (C=O) groups excluding carboxylic acids is 2. The molecule has 1 amide bonds. The first-order valence-electron chi connectivity index (χ1n) is 11.3. The van der Waals surface area contributed by atoms with Gasteiger partial charge in [0.25, 0.3) is 5.91 Å². The number of para-hydroxylation sites is 1. The van der Waals surface area contributed by atoms with E-state index >= 15 is 0 Å². The number of aliphatic hydroxyl groups is 1. The molecule has 1 unspecified atom stereocenters. The number of ether oxygens (including phenoxy) is 3. The molecule has 0 radical (unpaired) electrons. The topological polar surface area (TPSA) is 181 Å². The van der Waals surface area contributed by atoms with Crippen molar-refractivity contribution < 1.29 is 42.5 Å². The molecule has 1 saturated heterocycles. The molecule has 0 saturated carbocycles. The number of aliphatic hydroxyl groups excluding tert-OH is 1. The van der Waals surface area contributed by atoms with E-state index in [1.807, 2.05) is 0 Å². The lowest BCUT2D eigenvalue weighted by Gasteiger charge is -2.25. The number of carbonyl (C=O) groups is 2. The Morgan fingerprint density at radius 1 is 1.29 bits per heavy atom. The number of benzene rings is 1. The summed E-state index contributed by atoms with van der Waals surface area (Å²) in [5.74, 6) is -1.64. The molecule has 38 heavy (non-hydrogen) atoms. The van der Waals surface area contributed by atoms with E-state index in [4.69, 9.17) is 40.6 Å². The van der Waals surface area contributed by atoms with Gasteiger partial charge in [0, 0.05) is 0 Å². The van der Waals surface area contributed by atoms with E-state index in [1.165, 1.54) is 13.1 Å². The summed E-state index contributed by atoms with van der Waals surface area (Å²) in [6, 6.07) is 7.07. The zero-order valence-corrected chi connectivity index (χ0v) is 23.8. The van der Waals surface area contributed by atoms with E-state index in [9.17, 15) is 19.3 Å². The number of amides is 1. The minimum atomic E-state index is -4.22. The Morgan fingerprint density at radius 2 is 1.97 bits per heavy atom. The van der Waals surface area contributed by atoms with Crippen molar-refractivity contribution in [3.05, 3.63) is 46.8 Å². The molecule has 16 heteroatoms. The van der Waals surface area contributed by atoms with Crippen molar-refractivity contribution in [2.45, 2.75) is 56.8 Å². The summed E-state index contributed by atoms with van der Waals surface area (Å²) >= 11 is 9.37. The maximum atomic E-state index is 13.6. The van der Waals surface area contributed by atoms with E-state index in [0.29, 0.717) is 0 Å². The fourth-order valence-electron chi connectivity index (χ4n) is 3.14. The molecule has 208 valence electrons. The van der Waals surface area contributed by atoms with Gasteiger partial charge in [-0.25, -0.2) is 14.5 Å². The average Bonchev–Trinajstić information content (AvgIpc) is 3.11. The molecular formula is C22H27BrClN4O9P. The van der Waals surface area contributed by atoms with Crippen LogP contribution in [0.25, 0.3) is 0 Å². The number of esters is 1. The number of rotatable bonds is 12. The first-order chi connectivity index (χ1) is 17.9. The summed E-state index contributed by atoms with van der Waals surface area (Å²) < 4.78 is 41.3. The second-order valence-corrected chi connectivity index (χ2v) is 11.4. The summed E-state index contributed by atoms with van der Waals surface area (Å²) in [6.07, 6.45) is -2.92. The summed E-state index contributed by atoms with van der Waals surface area (Å²) in [5.41, 5.74) is 5.04. The van der Waals surface area contributed by atoms with Gasteiger partial charge in [-0.1, -0.05) is 18.2 Å². The van der Waals surface area contributed by atoms with Crippen LogP contribution >= 0.6 is 35.3 Å². The molecule has 1 aliphatic rings. The SMILES string of the molecule is CC(C)OC(=O)C(C)N[P@](=O)(OC[C@H]1O[C@@H](Oc2ncc(Br)nc2C(N)=O)[C@@H](Cl)[C@@H]1O)Oc1ccccc1. The number of hydrogen-bond donors (Lipinski definition) is 3. The number of aromatic nitrogens is 2. The highest BCUT2D eigenvalue weighted by atomic mass is 79.9. The van der Waals surface area contributed by atoms with Gasteiger partial charge >= 0.3 is 13.7 Å². The number of hydrogen-bond acceptors (Lipinski definition) is 11. The predicted molar refractivity (Wildman–Crippen MR) is 138 cm³/mol. The molecule has 1 aliphatic heterocycles. The molecule has 0 spiro atoms. The Kier molecular flexibility index (Phi) is 10.5. The van der Waals surface area contributed by atoms with E-state index in [2.05, 4.69) is 31.0 Å². The Labute approximate surface area is 232 Å². The minimum Gasteiger partial charge on any atom is -0.462 e. The Balaban J connectivity index is 1.72. The highest BCUT2D eigenvalue weighted by molar-refractivity contribution is 9.10. The van der Waals surface area contributed by atoms with Crippen LogP contribution in [0.3, 0.4) is 0 Å². The summed E-state index contributed by atoms with van der Waals surface area (Å²) in [4.78, 5) is 31.9. The highest BCUT2D eigenvalue weighted by Crippen LogP contribution is 2.46. The molecule has 0 bridgehead atoms. The van der Waals surface area contributed by atoms with Gasteiger partial charge in [-0.15, -0.1) is 11.6 Å². The standard InChI is InChI=1S/C22H27BrClN4O9P/c1-11(2)34-21(31)12(3)28-38(32,37-13-7-5-4-6-8-13)33-10-14-18(29)16(24)22(35-14)36-20-17(19(25)30)27-15(23)9-26-20/h4-9,11-12,14,16,18,22,29H,10H2,1-3H3,(H2,25,30)(H,28,32)/t12?,14-,16+,18-,22+,38+/m1/s1. The van der Waals surface area contributed by atoms with Crippen LogP contribution in [0, 0.1) is 0 Å². The lowest BCUT2D eigenvalue weighted by atomic mass is 10.2. The second kappa shape index (κ2) is 13.2. The van der Waals surface area contributed by atoms with Crippen LogP contribution < -0.4 is 20.1 Å². The average molecular weight is 638 g/mol. The molecule has 0 aliphatic carbocycles. The fourth-order valence-corrected chi connectivity index (χ4v) is 5.20. The van der Waals surface area contributed by atoms with Gasteiger partial charge in [0.2, 0.25) is 12.2 Å². The maximum absolute atomic E-state index is 13.6. The number of nitrogens with one attached hydrogen (secondary N) is 1. The van der Waals surface area contributed by atoms with Crippen LogP contribution in [0.2, 0.25) is 0 Å². The highest BCUT2D eigenvalue weighted by Gasteiger charge is 2.46. The van der Waals surface area contributed by atoms with Crippen LogP contribution in [-0.4, -0.2) is 69.6 Å². The van der Waals surface area contributed by atoms with Crippen molar-refractivity contribution in [1.82, 2.24) is 15.1 Å². The normalized spacial score (nSPS) is 23.4. The molecule has 1 aromatic carbocycles. The van der Waals surface area contributed by atoms with Gasteiger partial charge in [0.1, 0.15) is 34.0 Å². The third kappa shape index (κ3) is 8.09. The van der Waals surface area contributed by atoms with Crippen LogP contribution in [0.15, 0.2) is 41.1 Å². The monoisotopic (exact) mass is 636 g/mol. The summed E-state index contributed by atoms with van der Waals surface area (Å²) in [6.45, 7) is 4.30. The van der Waals surface area contributed by atoms with Crippen LogP contribution in [0.5, 0.6) is 11.6 Å². The second-order valence-electron chi connectivity index (χ2n) is 8.34. The molecule has 1 fully saturated rings. The molecule has 4 N–H and O–H groups in total. The molecule has 2 heterocycles. The van der Waals surface area contributed by atoms with Crippen LogP contribution in [0.1, 0.15) is 31.3 Å². The van der Waals surface area contributed by atoms with Crippen molar-refractivity contribution in [3.63, 3.8) is 0 Å². The molecule has 3 rings (SSSR count). The van der Waals surface area contributed by atoms with E-state index < -0.39 is 62.3 Å². The van der Waals surface area contributed by atoms with Crippen molar-refractivity contribution in [1.29, 1.82) is 0 Å². The maximum Gasteiger partial charge on any atom is 0.459 e. The Hall–Kier alpha value is -2.32. The van der Waals surface area contributed by atoms with E-state index in [1.54, 1.807) is 44.2 Å². The molecule has 6 atom stereocenters. The smallest absolute Gasteiger partial charge is 0.459 e. The van der Waals surface area contributed by atoms with Crippen LogP contribution in [-0.2, 0) is 23.4 Å². The largest absolute Gasteiger partial charge is 0.462 e. The third-order valence-electron chi connectivity index (χ3n) is 4.88. The molecule has 13 nitrogen and oxygen atoms in total. The van der Waals surface area contributed by atoms with Gasteiger partial charge in [0.05, 0.1) is 18.9 Å². The number of primary amides is 1. The van der Waals surface area contributed by atoms with Gasteiger partial charge in [-0.3, -0.25) is 14.1 Å². The Bertz CT molecular complexity index is 1180. The van der Waals surface area contributed by atoms with Crippen molar-refractivity contribution in [3.8, 4) is 11.6 Å². The van der Waals surface area contributed by atoms with E-state index in [-0.39, 0.29) is 21.9 Å². The minimum absolute atomic E-state index is 0.199. The van der Waals surface area contributed by atoms with Gasteiger partial charge in [-0.05, 0) is 48.8 Å². The first-order valence-corrected chi connectivity index (χ1v) is 14.1. The summed E-state index contributed by atoms with van der Waals surface area (Å²) in [7, 11) is -4.22.